The van der Waals surface area contributed by atoms with Crippen molar-refractivity contribution >= 4 is 29.3 Å². The minimum atomic E-state index is -0.374. The molecule has 2 heterocycles. The second-order valence-electron chi connectivity index (χ2n) is 9.28. The highest BCUT2D eigenvalue weighted by molar-refractivity contribution is 8.00. The molecule has 7 nitrogen and oxygen atoms in total. The number of nitrogens with zero attached hydrogens (tertiary/aromatic N) is 4. The Morgan fingerprint density at radius 1 is 1.03 bits per heavy atom. The number of rotatable bonds is 8. The molecule has 0 radical (unpaired) electrons. The molecule has 2 aromatic carbocycles. The molecule has 1 amide bonds. The van der Waals surface area contributed by atoms with Crippen LogP contribution in [-0.2, 0) is 4.79 Å². The van der Waals surface area contributed by atoms with Crippen LogP contribution < -0.4 is 15.0 Å². The summed E-state index contributed by atoms with van der Waals surface area (Å²) in [5, 5.41) is 12.6. The monoisotopic (exact) mass is 493 g/mol. The van der Waals surface area contributed by atoms with Gasteiger partial charge in [-0.25, -0.2) is 0 Å². The molecule has 4 rings (SSSR count). The standard InChI is InChI=1S/C27H35N5O2S/c1-18(2)21-13-11-12-19(3)24(21)28-25(33)20(4)35-27-30-29-26(31-16-9-6-10-17-31)32(27)22-14-7-8-15-23(22)34-5/h7-8,11-15,18,20H,6,9-10,16-17H2,1-5H3,(H,28,33). The van der Waals surface area contributed by atoms with Crippen molar-refractivity contribution in [3.8, 4) is 11.4 Å². The summed E-state index contributed by atoms with van der Waals surface area (Å²) in [7, 11) is 1.67. The lowest BCUT2D eigenvalue weighted by molar-refractivity contribution is -0.115. The van der Waals surface area contributed by atoms with Gasteiger partial charge in [0.15, 0.2) is 5.16 Å². The lowest BCUT2D eigenvalue weighted by atomic mass is 9.98. The molecule has 3 aromatic rings. The van der Waals surface area contributed by atoms with Gasteiger partial charge in [-0.2, -0.15) is 0 Å². The Bertz CT molecular complexity index is 1170. The highest BCUT2D eigenvalue weighted by Crippen LogP contribution is 2.35. The Balaban J connectivity index is 1.64. The predicted molar refractivity (Wildman–Crippen MR) is 143 cm³/mol. The first-order valence-electron chi connectivity index (χ1n) is 12.3. The molecule has 0 aliphatic carbocycles. The lowest BCUT2D eigenvalue weighted by Crippen LogP contribution is -2.32. The molecule has 1 aliphatic rings. The van der Waals surface area contributed by atoms with Crippen molar-refractivity contribution in [2.24, 2.45) is 0 Å². The maximum Gasteiger partial charge on any atom is 0.237 e. The zero-order chi connectivity index (χ0) is 24.9. The van der Waals surface area contributed by atoms with E-state index < -0.39 is 0 Å². The summed E-state index contributed by atoms with van der Waals surface area (Å²) in [5.74, 6) is 1.80. The minimum absolute atomic E-state index is 0.0553. The van der Waals surface area contributed by atoms with Crippen LogP contribution in [-0.4, -0.2) is 46.1 Å². The van der Waals surface area contributed by atoms with E-state index in [1.165, 1.54) is 18.2 Å². The first-order valence-corrected chi connectivity index (χ1v) is 13.2. The minimum Gasteiger partial charge on any atom is -0.495 e. The summed E-state index contributed by atoms with van der Waals surface area (Å²) in [6.45, 7) is 10.1. The van der Waals surface area contributed by atoms with Gasteiger partial charge in [-0.1, -0.05) is 55.9 Å². The van der Waals surface area contributed by atoms with Gasteiger partial charge in [0.25, 0.3) is 0 Å². The van der Waals surface area contributed by atoms with E-state index in [1.807, 2.05) is 54.8 Å². The quantitative estimate of drug-likeness (QED) is 0.399. The SMILES string of the molecule is COc1ccccc1-n1c(SC(C)C(=O)Nc2c(C)cccc2C(C)C)nnc1N1CCCCC1. The normalized spacial score (nSPS) is 14.7. The fraction of sp³-hybridized carbons (Fsp3) is 0.444. The van der Waals surface area contributed by atoms with Gasteiger partial charge in [0.1, 0.15) is 5.75 Å². The van der Waals surface area contributed by atoms with Crippen LogP contribution in [0, 0.1) is 6.92 Å². The van der Waals surface area contributed by atoms with E-state index in [4.69, 9.17) is 4.74 Å². The number of carbonyl (C=O) groups is 1. The number of aryl methyl sites for hydroxylation is 1. The maximum absolute atomic E-state index is 13.3. The molecule has 1 atom stereocenters. The number of anilines is 2. The van der Waals surface area contributed by atoms with Crippen LogP contribution >= 0.6 is 11.8 Å². The fourth-order valence-corrected chi connectivity index (χ4v) is 5.30. The van der Waals surface area contributed by atoms with Crippen LogP contribution in [0.15, 0.2) is 47.6 Å². The Kier molecular flexibility index (Phi) is 8.00. The van der Waals surface area contributed by atoms with Crippen molar-refractivity contribution in [2.45, 2.75) is 63.3 Å². The second-order valence-corrected chi connectivity index (χ2v) is 10.6. The largest absolute Gasteiger partial charge is 0.495 e. The summed E-state index contributed by atoms with van der Waals surface area (Å²) in [5.41, 5.74) is 3.98. The molecule has 1 saturated heterocycles. The number of methoxy groups -OCH3 is 1. The van der Waals surface area contributed by atoms with Crippen molar-refractivity contribution < 1.29 is 9.53 Å². The molecule has 8 heteroatoms. The van der Waals surface area contributed by atoms with Crippen LogP contribution in [0.1, 0.15) is 57.1 Å². The van der Waals surface area contributed by atoms with Gasteiger partial charge in [0.2, 0.25) is 11.9 Å². The zero-order valence-electron chi connectivity index (χ0n) is 21.2. The highest BCUT2D eigenvalue weighted by Gasteiger charge is 2.26. The van der Waals surface area contributed by atoms with E-state index in [1.54, 1.807) is 7.11 Å². The third-order valence-corrected chi connectivity index (χ3v) is 7.45. The number of ether oxygens (including phenoxy) is 1. The van der Waals surface area contributed by atoms with Crippen LogP contribution in [0.5, 0.6) is 5.75 Å². The Hall–Kier alpha value is -3.00. The van der Waals surface area contributed by atoms with Gasteiger partial charge in [0, 0.05) is 18.8 Å². The van der Waals surface area contributed by atoms with Crippen LogP contribution in [0.2, 0.25) is 0 Å². The molecular formula is C27H35N5O2S. The van der Waals surface area contributed by atoms with E-state index in [2.05, 4.69) is 40.3 Å². The number of hydrogen-bond donors (Lipinski definition) is 1. The van der Waals surface area contributed by atoms with Gasteiger partial charge in [-0.15, -0.1) is 10.2 Å². The van der Waals surface area contributed by atoms with Crippen LogP contribution in [0.4, 0.5) is 11.6 Å². The number of benzene rings is 2. The summed E-state index contributed by atoms with van der Waals surface area (Å²) < 4.78 is 7.70. The molecule has 186 valence electrons. The molecule has 1 unspecified atom stereocenters. The van der Waals surface area contributed by atoms with Gasteiger partial charge in [-0.3, -0.25) is 9.36 Å². The number of amides is 1. The second kappa shape index (κ2) is 11.2. The number of thioether (sulfide) groups is 1. The summed E-state index contributed by atoms with van der Waals surface area (Å²) in [4.78, 5) is 15.6. The number of para-hydroxylation sites is 3. The van der Waals surface area contributed by atoms with E-state index >= 15 is 0 Å². The molecular weight excluding hydrogens is 458 g/mol. The van der Waals surface area contributed by atoms with Gasteiger partial charge >= 0.3 is 0 Å². The molecule has 0 bridgehead atoms. The van der Waals surface area contributed by atoms with Crippen molar-refractivity contribution in [3.05, 3.63) is 53.6 Å². The molecule has 1 aliphatic heterocycles. The van der Waals surface area contributed by atoms with Crippen molar-refractivity contribution in [3.63, 3.8) is 0 Å². The van der Waals surface area contributed by atoms with E-state index in [-0.39, 0.29) is 11.2 Å². The smallest absolute Gasteiger partial charge is 0.237 e. The third kappa shape index (κ3) is 5.48. The fourth-order valence-electron chi connectivity index (χ4n) is 4.44. The van der Waals surface area contributed by atoms with Gasteiger partial charge in [0.05, 0.1) is 18.0 Å². The van der Waals surface area contributed by atoms with Gasteiger partial charge < -0.3 is 15.0 Å². The number of aromatic nitrogens is 3. The topological polar surface area (TPSA) is 72.3 Å². The Labute approximate surface area is 212 Å². The average molecular weight is 494 g/mol. The van der Waals surface area contributed by atoms with E-state index in [0.717, 1.165) is 60.1 Å². The predicted octanol–water partition coefficient (Wildman–Crippen LogP) is 5.82. The Morgan fingerprint density at radius 2 is 1.77 bits per heavy atom. The lowest BCUT2D eigenvalue weighted by Gasteiger charge is -2.28. The molecule has 35 heavy (non-hydrogen) atoms. The summed E-state index contributed by atoms with van der Waals surface area (Å²) in [6, 6.07) is 14.0. The highest BCUT2D eigenvalue weighted by atomic mass is 32.2. The van der Waals surface area contributed by atoms with Crippen LogP contribution in [0.3, 0.4) is 0 Å². The van der Waals surface area contributed by atoms with Gasteiger partial charge in [-0.05, 0) is 62.3 Å². The molecule has 1 N–H and O–H groups in total. The number of nitrogens with one attached hydrogen (secondary N) is 1. The van der Waals surface area contributed by atoms with Crippen molar-refractivity contribution in [1.29, 1.82) is 0 Å². The average Bonchev–Trinajstić information content (AvgIpc) is 3.28. The summed E-state index contributed by atoms with van der Waals surface area (Å²) in [6.07, 6.45) is 3.50. The number of hydrogen-bond acceptors (Lipinski definition) is 6. The van der Waals surface area contributed by atoms with Crippen molar-refractivity contribution in [2.75, 3.05) is 30.4 Å². The summed E-state index contributed by atoms with van der Waals surface area (Å²) >= 11 is 1.41. The first kappa shape index (κ1) is 25.1. The first-order chi connectivity index (χ1) is 16.9. The Morgan fingerprint density at radius 3 is 2.49 bits per heavy atom. The van der Waals surface area contributed by atoms with Crippen LogP contribution in [0.25, 0.3) is 5.69 Å². The third-order valence-electron chi connectivity index (χ3n) is 6.41. The zero-order valence-corrected chi connectivity index (χ0v) is 22.1. The van der Waals surface area contributed by atoms with E-state index in [9.17, 15) is 4.79 Å². The maximum atomic E-state index is 13.3. The number of piperidine rings is 1. The number of carbonyl (C=O) groups excluding carboxylic acids is 1. The molecule has 0 saturated carbocycles. The van der Waals surface area contributed by atoms with E-state index in [0.29, 0.717) is 11.1 Å². The molecule has 1 aromatic heterocycles. The molecule has 0 spiro atoms. The molecule has 1 fully saturated rings. The van der Waals surface area contributed by atoms with Crippen molar-refractivity contribution in [1.82, 2.24) is 14.8 Å².